The summed E-state index contributed by atoms with van der Waals surface area (Å²) < 4.78 is 0. The highest BCUT2D eigenvalue weighted by Gasteiger charge is 2.58. The van der Waals surface area contributed by atoms with Gasteiger partial charge in [-0.05, 0) is 69.1 Å². The van der Waals surface area contributed by atoms with Crippen molar-refractivity contribution in [1.82, 2.24) is 4.90 Å². The zero-order chi connectivity index (χ0) is 19.0. The molecule has 0 aromatic heterocycles. The van der Waals surface area contributed by atoms with Crippen molar-refractivity contribution in [3.8, 4) is 0 Å². The van der Waals surface area contributed by atoms with Crippen LogP contribution in [0.3, 0.4) is 0 Å². The predicted octanol–water partition coefficient (Wildman–Crippen LogP) is 5.08. The summed E-state index contributed by atoms with van der Waals surface area (Å²) in [7, 11) is 0. The van der Waals surface area contributed by atoms with E-state index in [1.165, 1.54) is 6.42 Å². The molecule has 2 saturated carbocycles. The zero-order valence-electron chi connectivity index (χ0n) is 17.5. The van der Waals surface area contributed by atoms with E-state index in [0.717, 1.165) is 32.2 Å². The number of amides is 1. The smallest absolute Gasteiger partial charge is 0.222 e. The molecule has 25 heavy (non-hydrogen) atoms. The molecule has 6 atom stereocenters. The van der Waals surface area contributed by atoms with E-state index < -0.39 is 0 Å². The summed E-state index contributed by atoms with van der Waals surface area (Å²) in [6, 6.07) is 0.420. The van der Waals surface area contributed by atoms with Crippen molar-refractivity contribution in [2.75, 3.05) is 6.54 Å². The first-order valence-corrected chi connectivity index (χ1v) is 10.6. The molecule has 1 aliphatic heterocycles. The van der Waals surface area contributed by atoms with Crippen LogP contribution in [-0.4, -0.2) is 29.2 Å². The van der Waals surface area contributed by atoms with Gasteiger partial charge in [-0.25, -0.2) is 0 Å². The molecule has 0 spiro atoms. The Labute approximate surface area is 154 Å². The number of rotatable bonds is 2. The van der Waals surface area contributed by atoms with Gasteiger partial charge in [-0.3, -0.25) is 9.59 Å². The summed E-state index contributed by atoms with van der Waals surface area (Å²) in [5.74, 6) is 2.50. The monoisotopic (exact) mass is 349 g/mol. The van der Waals surface area contributed by atoms with Crippen LogP contribution in [0.1, 0.15) is 87.0 Å². The molecule has 1 saturated heterocycles. The number of likely N-dealkylation sites (tertiary alicyclic amines) is 1. The number of carbonyl (C=O) groups is 2. The SMILES string of the molecule is CC.CCN1C(=O)CCC2(C)C3CCC(C)(C(C)=O)C(C)C3CCC12. The van der Waals surface area contributed by atoms with Gasteiger partial charge in [-0.2, -0.15) is 0 Å². The lowest BCUT2D eigenvalue weighted by atomic mass is 9.47. The summed E-state index contributed by atoms with van der Waals surface area (Å²) in [6.07, 6.45) is 6.23. The Morgan fingerprint density at radius 3 is 2.36 bits per heavy atom. The first-order valence-electron chi connectivity index (χ1n) is 10.6. The highest BCUT2D eigenvalue weighted by molar-refractivity contribution is 5.82. The maximum Gasteiger partial charge on any atom is 0.222 e. The Balaban J connectivity index is 0.00000109. The molecule has 6 unspecified atom stereocenters. The molecule has 0 N–H and O–H groups in total. The van der Waals surface area contributed by atoms with Gasteiger partial charge in [0.2, 0.25) is 5.91 Å². The molecule has 0 aromatic carbocycles. The zero-order valence-corrected chi connectivity index (χ0v) is 17.5. The third-order valence-corrected chi connectivity index (χ3v) is 8.24. The lowest BCUT2D eigenvalue weighted by molar-refractivity contribution is -0.163. The maximum atomic E-state index is 12.3. The van der Waals surface area contributed by atoms with Crippen LogP contribution in [0.4, 0.5) is 0 Å². The number of piperidine rings is 1. The summed E-state index contributed by atoms with van der Waals surface area (Å²) in [4.78, 5) is 26.7. The second-order valence-electron chi connectivity index (χ2n) is 8.85. The molecule has 0 bridgehead atoms. The number of ketones is 1. The summed E-state index contributed by atoms with van der Waals surface area (Å²) >= 11 is 0. The van der Waals surface area contributed by atoms with Crippen molar-refractivity contribution in [3.63, 3.8) is 0 Å². The largest absolute Gasteiger partial charge is 0.339 e. The molecule has 3 aliphatic rings. The number of carbonyl (C=O) groups excluding carboxylic acids is 2. The van der Waals surface area contributed by atoms with Crippen LogP contribution in [0.25, 0.3) is 0 Å². The van der Waals surface area contributed by atoms with Gasteiger partial charge in [0.05, 0.1) is 0 Å². The van der Waals surface area contributed by atoms with Crippen LogP contribution >= 0.6 is 0 Å². The molecule has 2 aliphatic carbocycles. The van der Waals surface area contributed by atoms with Crippen molar-refractivity contribution in [2.24, 2.45) is 28.6 Å². The van der Waals surface area contributed by atoms with Crippen LogP contribution in [0, 0.1) is 28.6 Å². The maximum absolute atomic E-state index is 12.3. The topological polar surface area (TPSA) is 37.4 Å². The van der Waals surface area contributed by atoms with Crippen molar-refractivity contribution >= 4 is 11.7 Å². The van der Waals surface area contributed by atoms with Gasteiger partial charge in [-0.15, -0.1) is 0 Å². The first-order chi connectivity index (χ1) is 11.8. The number of fused-ring (bicyclic) bond motifs is 3. The van der Waals surface area contributed by atoms with E-state index in [0.29, 0.717) is 41.9 Å². The molecule has 0 radical (unpaired) electrons. The minimum Gasteiger partial charge on any atom is -0.339 e. The summed E-state index contributed by atoms with van der Waals surface area (Å²) in [5.41, 5.74) is 0.110. The highest BCUT2D eigenvalue weighted by atomic mass is 16.2. The molecule has 3 nitrogen and oxygen atoms in total. The van der Waals surface area contributed by atoms with E-state index >= 15 is 0 Å². The normalized spacial score (nSPS) is 43.5. The molecular formula is C22H39NO2. The molecule has 3 fully saturated rings. The second-order valence-corrected chi connectivity index (χ2v) is 8.85. The molecule has 3 rings (SSSR count). The number of hydrogen-bond donors (Lipinski definition) is 0. The van der Waals surface area contributed by atoms with Crippen LogP contribution in [0.5, 0.6) is 0 Å². The van der Waals surface area contributed by atoms with Crippen LogP contribution in [-0.2, 0) is 9.59 Å². The van der Waals surface area contributed by atoms with Crippen LogP contribution < -0.4 is 0 Å². The minimum atomic E-state index is -0.140. The minimum absolute atomic E-state index is 0.140. The Bertz CT molecular complexity index is 516. The average molecular weight is 350 g/mol. The lowest BCUT2D eigenvalue weighted by Gasteiger charge is -2.61. The third-order valence-electron chi connectivity index (χ3n) is 8.24. The van der Waals surface area contributed by atoms with Gasteiger partial charge in [0.15, 0.2) is 0 Å². The fraction of sp³-hybridized carbons (Fsp3) is 0.909. The Morgan fingerprint density at radius 1 is 1.16 bits per heavy atom. The fourth-order valence-corrected chi connectivity index (χ4v) is 6.37. The van der Waals surface area contributed by atoms with Gasteiger partial charge in [-0.1, -0.05) is 34.6 Å². The third kappa shape index (κ3) is 3.06. The number of hydrogen-bond acceptors (Lipinski definition) is 2. The van der Waals surface area contributed by atoms with E-state index in [2.05, 4.69) is 32.6 Å². The van der Waals surface area contributed by atoms with Crippen molar-refractivity contribution in [2.45, 2.75) is 93.0 Å². The van der Waals surface area contributed by atoms with Gasteiger partial charge < -0.3 is 4.90 Å². The summed E-state index contributed by atoms with van der Waals surface area (Å²) in [5, 5.41) is 0. The lowest BCUT2D eigenvalue weighted by Crippen LogP contribution is -2.62. The van der Waals surface area contributed by atoms with Gasteiger partial charge in [0.25, 0.3) is 0 Å². The highest BCUT2D eigenvalue weighted by Crippen LogP contribution is 2.60. The predicted molar refractivity (Wildman–Crippen MR) is 103 cm³/mol. The van der Waals surface area contributed by atoms with Crippen molar-refractivity contribution in [1.29, 1.82) is 0 Å². The van der Waals surface area contributed by atoms with Crippen molar-refractivity contribution in [3.05, 3.63) is 0 Å². The Morgan fingerprint density at radius 2 is 1.80 bits per heavy atom. The van der Waals surface area contributed by atoms with E-state index in [1.807, 2.05) is 13.8 Å². The molecule has 1 heterocycles. The number of nitrogens with zero attached hydrogens (tertiary/aromatic N) is 1. The molecule has 0 aromatic rings. The van der Waals surface area contributed by atoms with E-state index in [9.17, 15) is 9.59 Å². The average Bonchev–Trinajstić information content (AvgIpc) is 2.60. The first kappa shape index (κ1) is 20.5. The summed E-state index contributed by atoms with van der Waals surface area (Å²) in [6.45, 7) is 15.7. The molecular weight excluding hydrogens is 310 g/mol. The Hall–Kier alpha value is -0.860. The van der Waals surface area contributed by atoms with Gasteiger partial charge in [0, 0.05) is 24.4 Å². The van der Waals surface area contributed by atoms with Crippen LogP contribution in [0.15, 0.2) is 0 Å². The van der Waals surface area contributed by atoms with E-state index in [1.54, 1.807) is 6.92 Å². The molecule has 144 valence electrons. The van der Waals surface area contributed by atoms with Gasteiger partial charge in [0.1, 0.15) is 5.78 Å². The molecule has 3 heteroatoms. The van der Waals surface area contributed by atoms with Crippen LogP contribution in [0.2, 0.25) is 0 Å². The van der Waals surface area contributed by atoms with E-state index in [4.69, 9.17) is 0 Å². The Kier molecular flexibility index (Phi) is 6.06. The number of Topliss-reactive ketones (excluding diaryl/α,β-unsaturated/α-hetero) is 1. The standard InChI is InChI=1S/C20H33NO2.C2H6/c1-6-21-17-8-7-15-13(2)19(4,14(3)22)11-9-16(15)20(17,5)12-10-18(21)23;1-2/h13,15-17H,6-12H2,1-5H3;1-2H3. The van der Waals surface area contributed by atoms with Gasteiger partial charge >= 0.3 is 0 Å². The fourth-order valence-electron chi connectivity index (χ4n) is 6.37. The van der Waals surface area contributed by atoms with E-state index in [-0.39, 0.29) is 10.8 Å². The molecule has 1 amide bonds. The quantitative estimate of drug-likeness (QED) is 0.697. The van der Waals surface area contributed by atoms with Crippen molar-refractivity contribution < 1.29 is 9.59 Å². The second kappa shape index (κ2) is 7.40.